The zero-order valence-electron chi connectivity index (χ0n) is 19.1. The van der Waals surface area contributed by atoms with Crippen molar-refractivity contribution in [2.45, 2.75) is 20.5 Å². The van der Waals surface area contributed by atoms with Gasteiger partial charge in [0.25, 0.3) is 5.91 Å². The highest BCUT2D eigenvalue weighted by Crippen LogP contribution is 2.37. The molecule has 1 saturated heterocycles. The van der Waals surface area contributed by atoms with Gasteiger partial charge in [-0.2, -0.15) is 0 Å². The number of carbonyl (C=O) groups excluding carboxylic acids is 1. The highest BCUT2D eigenvalue weighted by molar-refractivity contribution is 9.10. The number of benzene rings is 3. The molecule has 3 aromatic rings. The molecule has 0 atom stereocenters. The molecule has 0 aliphatic carbocycles. The lowest BCUT2D eigenvalue weighted by atomic mass is 10.1. The summed E-state index contributed by atoms with van der Waals surface area (Å²) in [5, 5.41) is 3.34. The predicted octanol–water partition coefficient (Wildman–Crippen LogP) is 7.45. The predicted molar refractivity (Wildman–Crippen MR) is 146 cm³/mol. The van der Waals surface area contributed by atoms with Crippen LogP contribution in [0, 0.1) is 19.7 Å². The molecule has 0 unspecified atom stereocenters. The maximum Gasteiger partial charge on any atom is 0.264 e. The van der Waals surface area contributed by atoms with Crippen LogP contribution in [0.5, 0.6) is 11.5 Å². The standard InChI is InChI=1S/C26H21Br2FN2O3S/c1-14-7-19(8-15(2)24(14)28)30-26-31-25(32)23(35-26)11-17-10-21(33-3)22(12-20(17)27)34-13-16-5-4-6-18(29)9-16/h4-12H,13H2,1-3H3,(H,30,31,32)/b23-11-. The Morgan fingerprint density at radius 2 is 1.83 bits per heavy atom. The van der Waals surface area contributed by atoms with Crippen LogP contribution in [-0.4, -0.2) is 18.2 Å². The van der Waals surface area contributed by atoms with Crippen molar-refractivity contribution in [1.29, 1.82) is 0 Å². The minimum atomic E-state index is -0.318. The van der Waals surface area contributed by atoms with Gasteiger partial charge in [-0.3, -0.25) is 4.79 Å². The monoisotopic (exact) mass is 618 g/mol. The molecular formula is C26H21Br2FN2O3S. The van der Waals surface area contributed by atoms with E-state index in [-0.39, 0.29) is 18.3 Å². The first-order valence-corrected chi connectivity index (χ1v) is 12.9. The fraction of sp³-hybridized carbons (Fsp3) is 0.154. The summed E-state index contributed by atoms with van der Waals surface area (Å²) in [4.78, 5) is 17.7. The van der Waals surface area contributed by atoms with Gasteiger partial charge >= 0.3 is 0 Å². The molecule has 0 aromatic heterocycles. The lowest BCUT2D eigenvalue weighted by Crippen LogP contribution is -2.19. The molecule has 1 aliphatic heterocycles. The van der Waals surface area contributed by atoms with Gasteiger partial charge < -0.3 is 14.8 Å². The SMILES string of the molecule is COc1cc(/C=C2\SC(=Nc3cc(C)c(Br)c(C)c3)NC2=O)c(Br)cc1OCc1cccc(F)c1. The number of thioether (sulfide) groups is 1. The van der Waals surface area contributed by atoms with Crippen LogP contribution in [0.1, 0.15) is 22.3 Å². The molecule has 35 heavy (non-hydrogen) atoms. The van der Waals surface area contributed by atoms with Gasteiger partial charge in [0.1, 0.15) is 12.4 Å². The molecule has 0 radical (unpaired) electrons. The molecule has 180 valence electrons. The number of nitrogens with one attached hydrogen (secondary N) is 1. The number of nitrogens with zero attached hydrogens (tertiary/aromatic N) is 1. The molecule has 4 rings (SSSR count). The van der Waals surface area contributed by atoms with E-state index in [1.165, 1.54) is 23.9 Å². The third-order valence-electron chi connectivity index (χ3n) is 5.16. The highest BCUT2D eigenvalue weighted by atomic mass is 79.9. The Morgan fingerprint density at radius 3 is 2.51 bits per heavy atom. The molecule has 1 fully saturated rings. The molecule has 1 amide bonds. The van der Waals surface area contributed by atoms with Crippen LogP contribution in [0.2, 0.25) is 0 Å². The zero-order valence-corrected chi connectivity index (χ0v) is 23.1. The van der Waals surface area contributed by atoms with Crippen molar-refractivity contribution in [3.8, 4) is 11.5 Å². The van der Waals surface area contributed by atoms with Crippen LogP contribution in [-0.2, 0) is 11.4 Å². The van der Waals surface area contributed by atoms with E-state index in [9.17, 15) is 9.18 Å². The van der Waals surface area contributed by atoms with Crippen molar-refractivity contribution >= 4 is 66.5 Å². The number of ether oxygens (including phenoxy) is 2. The molecule has 3 aromatic carbocycles. The average molecular weight is 620 g/mol. The Kier molecular flexibility index (Phi) is 7.98. The van der Waals surface area contributed by atoms with Crippen molar-refractivity contribution in [3.63, 3.8) is 0 Å². The zero-order chi connectivity index (χ0) is 25.1. The number of halogens is 3. The van der Waals surface area contributed by atoms with Crippen molar-refractivity contribution in [1.82, 2.24) is 5.32 Å². The van der Waals surface area contributed by atoms with Crippen LogP contribution < -0.4 is 14.8 Å². The Morgan fingerprint density at radius 1 is 1.09 bits per heavy atom. The fourth-order valence-corrected chi connectivity index (χ4v) is 4.95. The van der Waals surface area contributed by atoms with Gasteiger partial charge in [0.05, 0.1) is 17.7 Å². The van der Waals surface area contributed by atoms with Gasteiger partial charge in [0.15, 0.2) is 16.7 Å². The molecule has 0 saturated carbocycles. The molecule has 1 heterocycles. The number of hydrogen-bond donors (Lipinski definition) is 1. The topological polar surface area (TPSA) is 59.9 Å². The molecule has 1 aliphatic rings. The van der Waals surface area contributed by atoms with Gasteiger partial charge in [0.2, 0.25) is 0 Å². The molecule has 0 bridgehead atoms. The Hall–Kier alpha value is -2.62. The van der Waals surface area contributed by atoms with E-state index in [2.05, 4.69) is 42.2 Å². The largest absolute Gasteiger partial charge is 0.493 e. The van der Waals surface area contributed by atoms with Gasteiger partial charge in [-0.25, -0.2) is 9.38 Å². The second-order valence-corrected chi connectivity index (χ2v) is 10.5. The summed E-state index contributed by atoms with van der Waals surface area (Å²) >= 11 is 8.38. The van der Waals surface area contributed by atoms with E-state index in [0.29, 0.717) is 27.1 Å². The summed E-state index contributed by atoms with van der Waals surface area (Å²) in [6.07, 6.45) is 1.77. The second kappa shape index (κ2) is 11.0. The third kappa shape index (κ3) is 6.15. The molecule has 1 N–H and O–H groups in total. The van der Waals surface area contributed by atoms with E-state index in [1.54, 1.807) is 37.5 Å². The van der Waals surface area contributed by atoms with E-state index < -0.39 is 0 Å². The van der Waals surface area contributed by atoms with Gasteiger partial charge in [0, 0.05) is 8.95 Å². The summed E-state index contributed by atoms with van der Waals surface area (Å²) in [5.41, 5.74) is 4.37. The number of amides is 1. The lowest BCUT2D eigenvalue weighted by Gasteiger charge is -2.13. The maximum atomic E-state index is 13.4. The molecular weight excluding hydrogens is 599 g/mol. The van der Waals surface area contributed by atoms with Crippen LogP contribution >= 0.6 is 43.6 Å². The van der Waals surface area contributed by atoms with Crippen molar-refractivity contribution in [3.05, 3.63) is 90.5 Å². The Labute approximate surface area is 224 Å². The maximum absolute atomic E-state index is 13.4. The smallest absolute Gasteiger partial charge is 0.264 e. The first-order chi connectivity index (χ1) is 16.7. The van der Waals surface area contributed by atoms with Crippen molar-refractivity contribution in [2.24, 2.45) is 4.99 Å². The van der Waals surface area contributed by atoms with Gasteiger partial charge in [-0.1, -0.05) is 44.0 Å². The first-order valence-electron chi connectivity index (χ1n) is 10.5. The second-order valence-electron chi connectivity index (χ2n) is 7.82. The van der Waals surface area contributed by atoms with Gasteiger partial charge in [-0.15, -0.1) is 0 Å². The summed E-state index contributed by atoms with van der Waals surface area (Å²) < 4.78 is 26.6. The summed E-state index contributed by atoms with van der Waals surface area (Å²) in [7, 11) is 1.54. The van der Waals surface area contributed by atoms with Crippen LogP contribution in [0.3, 0.4) is 0 Å². The quantitative estimate of drug-likeness (QED) is 0.291. The summed E-state index contributed by atoms with van der Waals surface area (Å²) in [5.74, 6) is 0.450. The third-order valence-corrected chi connectivity index (χ3v) is 8.00. The number of methoxy groups -OCH3 is 1. The Bertz CT molecular complexity index is 1350. The van der Waals surface area contributed by atoms with E-state index in [0.717, 1.165) is 31.3 Å². The number of amidine groups is 1. The number of aryl methyl sites for hydroxylation is 2. The fourth-order valence-electron chi connectivity index (χ4n) is 3.45. The van der Waals surface area contributed by atoms with Crippen LogP contribution in [0.25, 0.3) is 6.08 Å². The molecule has 5 nitrogen and oxygen atoms in total. The normalized spacial score (nSPS) is 15.5. The van der Waals surface area contributed by atoms with E-state index in [1.807, 2.05) is 26.0 Å². The minimum Gasteiger partial charge on any atom is -0.493 e. The van der Waals surface area contributed by atoms with E-state index >= 15 is 0 Å². The van der Waals surface area contributed by atoms with Crippen LogP contribution in [0.15, 0.2) is 67.4 Å². The van der Waals surface area contributed by atoms with E-state index in [4.69, 9.17) is 9.47 Å². The number of rotatable bonds is 6. The van der Waals surface area contributed by atoms with Crippen molar-refractivity contribution in [2.75, 3.05) is 7.11 Å². The summed E-state index contributed by atoms with van der Waals surface area (Å²) in [6, 6.07) is 13.7. The Balaban J connectivity index is 1.55. The van der Waals surface area contributed by atoms with Crippen molar-refractivity contribution < 1.29 is 18.7 Å². The molecule has 0 spiro atoms. The number of hydrogen-bond acceptors (Lipinski definition) is 5. The molecule has 9 heteroatoms. The first kappa shape index (κ1) is 25.5. The van der Waals surface area contributed by atoms with Gasteiger partial charge in [-0.05, 0) is 90.3 Å². The summed E-state index contributed by atoms with van der Waals surface area (Å²) in [6.45, 7) is 4.19. The number of aliphatic imine (C=N–C) groups is 1. The average Bonchev–Trinajstić information content (AvgIpc) is 3.15. The minimum absolute atomic E-state index is 0.189. The highest BCUT2D eigenvalue weighted by Gasteiger charge is 2.24. The lowest BCUT2D eigenvalue weighted by molar-refractivity contribution is -0.115. The number of carbonyl (C=O) groups is 1. The van der Waals surface area contributed by atoms with Crippen LogP contribution in [0.4, 0.5) is 10.1 Å².